The minimum absolute atomic E-state index is 0.0711. The molecule has 2 fully saturated rings. The molecule has 4 rings (SSSR count). The van der Waals surface area contributed by atoms with Gasteiger partial charge in [-0.3, -0.25) is 10.1 Å². The molecule has 0 aromatic heterocycles. The van der Waals surface area contributed by atoms with E-state index in [9.17, 15) is 14.4 Å². The molecule has 0 spiro atoms. The average molecular weight is 406 g/mol. The van der Waals surface area contributed by atoms with Crippen molar-refractivity contribution in [2.45, 2.75) is 63.7 Å². The lowest BCUT2D eigenvalue weighted by atomic mass is 9.88. The Bertz CT molecular complexity index is 918. The van der Waals surface area contributed by atoms with Crippen LogP contribution in [0, 0.1) is 23.1 Å². The van der Waals surface area contributed by atoms with Crippen molar-refractivity contribution in [2.24, 2.45) is 5.92 Å². The van der Waals surface area contributed by atoms with Gasteiger partial charge in [-0.2, -0.15) is 5.26 Å². The van der Waals surface area contributed by atoms with E-state index in [1.165, 1.54) is 24.1 Å². The van der Waals surface area contributed by atoms with Gasteiger partial charge < -0.3 is 4.90 Å². The molecule has 2 atom stereocenters. The van der Waals surface area contributed by atoms with Crippen LogP contribution in [0.3, 0.4) is 0 Å². The summed E-state index contributed by atoms with van der Waals surface area (Å²) >= 11 is 0. The van der Waals surface area contributed by atoms with Crippen molar-refractivity contribution < 1.29 is 9.18 Å². The molecule has 1 amide bonds. The Hall–Kier alpha value is -2.71. The Morgan fingerprint density at radius 2 is 1.83 bits per heavy atom. The maximum atomic E-state index is 13.6. The van der Waals surface area contributed by atoms with Crippen molar-refractivity contribution in [1.29, 1.82) is 5.26 Å². The van der Waals surface area contributed by atoms with Crippen molar-refractivity contribution in [2.75, 3.05) is 0 Å². The molecule has 2 aromatic rings. The standard InChI is InChI=1S/C25H28FN3O/c26-22-12-11-20(21(15-22)16-27)17-28-24-14-13-23(18-7-3-1-4-8-18)29(24)25(30)19-9-5-2-6-10-19/h1,3-4,7-8,11-12,15,19,23-24,28H,2,5-6,9-10,13-14,17H2. The van der Waals surface area contributed by atoms with Gasteiger partial charge in [0, 0.05) is 12.5 Å². The zero-order chi connectivity index (χ0) is 20.9. The first-order chi connectivity index (χ1) is 14.7. The van der Waals surface area contributed by atoms with Gasteiger partial charge in [-0.05, 0) is 48.9 Å². The maximum Gasteiger partial charge on any atom is 0.227 e. The van der Waals surface area contributed by atoms with E-state index in [4.69, 9.17) is 0 Å². The monoisotopic (exact) mass is 405 g/mol. The third-order valence-corrected chi connectivity index (χ3v) is 6.50. The Labute approximate surface area is 177 Å². The summed E-state index contributed by atoms with van der Waals surface area (Å²) in [7, 11) is 0. The molecular formula is C25H28FN3O. The minimum atomic E-state index is -0.408. The summed E-state index contributed by atoms with van der Waals surface area (Å²) in [6, 6.07) is 16.7. The molecule has 1 aliphatic heterocycles. The molecular weight excluding hydrogens is 377 g/mol. The third-order valence-electron chi connectivity index (χ3n) is 6.50. The molecule has 5 heteroatoms. The first kappa shape index (κ1) is 20.6. The number of nitriles is 1. The van der Waals surface area contributed by atoms with Crippen molar-refractivity contribution in [3.63, 3.8) is 0 Å². The summed E-state index contributed by atoms with van der Waals surface area (Å²) < 4.78 is 13.5. The van der Waals surface area contributed by atoms with Crippen LogP contribution in [0.25, 0.3) is 0 Å². The molecule has 1 heterocycles. The summed E-state index contributed by atoms with van der Waals surface area (Å²) in [4.78, 5) is 15.6. The fourth-order valence-corrected chi connectivity index (χ4v) is 4.92. The number of hydrogen-bond donors (Lipinski definition) is 1. The van der Waals surface area contributed by atoms with Crippen molar-refractivity contribution >= 4 is 5.91 Å². The number of benzene rings is 2. The normalized spacial score (nSPS) is 22.1. The highest BCUT2D eigenvalue weighted by Crippen LogP contribution is 2.38. The molecule has 4 nitrogen and oxygen atoms in total. The molecule has 0 radical (unpaired) electrons. The lowest BCUT2D eigenvalue weighted by Crippen LogP contribution is -2.48. The topological polar surface area (TPSA) is 56.1 Å². The lowest BCUT2D eigenvalue weighted by molar-refractivity contribution is -0.140. The number of carbonyl (C=O) groups excluding carboxylic acids is 1. The Morgan fingerprint density at radius 1 is 1.07 bits per heavy atom. The van der Waals surface area contributed by atoms with Gasteiger partial charge in [-0.25, -0.2) is 4.39 Å². The molecule has 0 bridgehead atoms. The second-order valence-corrected chi connectivity index (χ2v) is 8.39. The van der Waals surface area contributed by atoms with Gasteiger partial charge in [0.2, 0.25) is 5.91 Å². The van der Waals surface area contributed by atoms with Crippen molar-refractivity contribution in [3.8, 4) is 6.07 Å². The number of rotatable bonds is 5. The predicted octanol–water partition coefficient (Wildman–Crippen LogP) is 5.06. The predicted molar refractivity (Wildman–Crippen MR) is 114 cm³/mol. The minimum Gasteiger partial charge on any atom is -0.320 e. The third kappa shape index (κ3) is 4.39. The molecule has 1 saturated heterocycles. The van der Waals surface area contributed by atoms with Crippen LogP contribution in [0.2, 0.25) is 0 Å². The van der Waals surface area contributed by atoms with Gasteiger partial charge in [0.25, 0.3) is 0 Å². The number of halogens is 1. The number of likely N-dealkylation sites (tertiary alicyclic amines) is 1. The second-order valence-electron chi connectivity index (χ2n) is 8.39. The van der Waals surface area contributed by atoms with Gasteiger partial charge in [-0.15, -0.1) is 0 Å². The molecule has 1 N–H and O–H groups in total. The van der Waals surface area contributed by atoms with Crippen molar-refractivity contribution in [3.05, 3.63) is 71.0 Å². The van der Waals surface area contributed by atoms with Crippen LogP contribution in [0.15, 0.2) is 48.5 Å². The summed E-state index contributed by atoms with van der Waals surface area (Å²) in [5, 5.41) is 12.8. The number of nitrogens with zero attached hydrogens (tertiary/aromatic N) is 2. The number of nitrogens with one attached hydrogen (secondary N) is 1. The van der Waals surface area contributed by atoms with E-state index >= 15 is 0 Å². The summed E-state index contributed by atoms with van der Waals surface area (Å²) in [6.45, 7) is 0.434. The van der Waals surface area contributed by atoms with E-state index in [0.29, 0.717) is 12.1 Å². The van der Waals surface area contributed by atoms with E-state index in [0.717, 1.165) is 44.1 Å². The van der Waals surface area contributed by atoms with Crippen LogP contribution in [0.5, 0.6) is 0 Å². The molecule has 1 aliphatic carbocycles. The quantitative estimate of drug-likeness (QED) is 0.757. The zero-order valence-corrected chi connectivity index (χ0v) is 17.2. The van der Waals surface area contributed by atoms with E-state index in [-0.39, 0.29) is 24.0 Å². The first-order valence-corrected chi connectivity index (χ1v) is 11.0. The SMILES string of the molecule is N#Cc1cc(F)ccc1CNC1CCC(c2ccccc2)N1C(=O)C1CCCCC1. The number of amides is 1. The average Bonchev–Trinajstić information content (AvgIpc) is 3.22. The van der Waals surface area contributed by atoms with Gasteiger partial charge >= 0.3 is 0 Å². The van der Waals surface area contributed by atoms with Crippen LogP contribution in [-0.2, 0) is 11.3 Å². The number of carbonyl (C=O) groups is 1. The van der Waals surface area contributed by atoms with Gasteiger partial charge in [0.05, 0.1) is 23.8 Å². The molecule has 2 aliphatic rings. The second kappa shape index (κ2) is 9.40. The summed E-state index contributed by atoms with van der Waals surface area (Å²) in [6.07, 6.45) is 7.10. The molecule has 2 aromatic carbocycles. The summed E-state index contributed by atoms with van der Waals surface area (Å²) in [5.74, 6) is -0.0552. The molecule has 30 heavy (non-hydrogen) atoms. The fourth-order valence-electron chi connectivity index (χ4n) is 4.92. The maximum absolute atomic E-state index is 13.6. The number of hydrogen-bond acceptors (Lipinski definition) is 3. The van der Waals surface area contributed by atoms with Crippen LogP contribution in [0.1, 0.15) is 67.7 Å². The van der Waals surface area contributed by atoms with E-state index < -0.39 is 5.82 Å². The Morgan fingerprint density at radius 3 is 2.57 bits per heavy atom. The highest BCUT2D eigenvalue weighted by Gasteiger charge is 2.40. The van der Waals surface area contributed by atoms with Gasteiger partial charge in [-0.1, -0.05) is 55.7 Å². The van der Waals surface area contributed by atoms with Crippen LogP contribution >= 0.6 is 0 Å². The fraction of sp³-hybridized carbons (Fsp3) is 0.440. The van der Waals surface area contributed by atoms with E-state index in [1.54, 1.807) is 6.07 Å². The van der Waals surface area contributed by atoms with E-state index in [2.05, 4.69) is 28.4 Å². The van der Waals surface area contributed by atoms with E-state index in [1.807, 2.05) is 18.2 Å². The van der Waals surface area contributed by atoms with Crippen LogP contribution in [-0.4, -0.2) is 17.0 Å². The van der Waals surface area contributed by atoms with Crippen LogP contribution < -0.4 is 5.32 Å². The Balaban J connectivity index is 1.55. The van der Waals surface area contributed by atoms with Gasteiger partial charge in [0.1, 0.15) is 5.82 Å². The largest absolute Gasteiger partial charge is 0.320 e. The summed E-state index contributed by atoms with van der Waals surface area (Å²) in [5.41, 5.74) is 2.27. The molecule has 2 unspecified atom stereocenters. The molecule has 156 valence electrons. The highest BCUT2D eigenvalue weighted by molar-refractivity contribution is 5.80. The van der Waals surface area contributed by atoms with Crippen LogP contribution in [0.4, 0.5) is 4.39 Å². The zero-order valence-electron chi connectivity index (χ0n) is 17.2. The Kier molecular flexibility index (Phi) is 6.44. The molecule has 1 saturated carbocycles. The highest BCUT2D eigenvalue weighted by atomic mass is 19.1. The lowest BCUT2D eigenvalue weighted by Gasteiger charge is -2.35. The van der Waals surface area contributed by atoms with Crippen molar-refractivity contribution in [1.82, 2.24) is 10.2 Å². The smallest absolute Gasteiger partial charge is 0.227 e. The first-order valence-electron chi connectivity index (χ1n) is 11.0. The van der Waals surface area contributed by atoms with Gasteiger partial charge in [0.15, 0.2) is 0 Å².